The molecule has 0 saturated carbocycles. The first kappa shape index (κ1) is 5.09. The Hall–Kier alpha value is -1.06. The molecule has 8 heavy (non-hydrogen) atoms. The van der Waals surface area contributed by atoms with E-state index in [4.69, 9.17) is 7.49 Å². The van der Waals surface area contributed by atoms with Crippen molar-refractivity contribution in [1.82, 2.24) is 10.6 Å². The van der Waals surface area contributed by atoms with Gasteiger partial charge in [0.25, 0.3) is 0 Å². The third-order valence-corrected chi connectivity index (χ3v) is 0.731. The maximum atomic E-state index is 10.3. The molecule has 1 radical (unpaired) electrons. The second-order valence-corrected chi connectivity index (χ2v) is 1.38. The van der Waals surface area contributed by atoms with Gasteiger partial charge >= 0.3 is 46.8 Å². The van der Waals surface area contributed by atoms with Crippen LogP contribution >= 0.6 is 0 Å². The molecule has 0 unspecified atom stereocenters. The first-order chi connectivity index (χ1) is 3.79. The Morgan fingerprint density at radius 1 is 1.62 bits per heavy atom. The van der Waals surface area contributed by atoms with Crippen molar-refractivity contribution in [2.75, 3.05) is 0 Å². The molecule has 1 heterocycles. The summed E-state index contributed by atoms with van der Waals surface area (Å²) >= 11 is 0. The number of amides is 1. The monoisotopic (exact) mass is 107 g/mol. The van der Waals surface area contributed by atoms with E-state index >= 15 is 0 Å². The Bertz CT molecular complexity index is 163. The van der Waals surface area contributed by atoms with Gasteiger partial charge in [-0.05, 0) is 0 Å². The van der Waals surface area contributed by atoms with Gasteiger partial charge in [-0.3, -0.25) is 0 Å². The van der Waals surface area contributed by atoms with Gasteiger partial charge in [-0.25, -0.2) is 0 Å². The average molecular weight is 107 g/mol. The predicted molar refractivity (Wildman–Crippen MR) is 31.2 cm³/mol. The van der Waals surface area contributed by atoms with Crippen molar-refractivity contribution < 1.29 is 4.79 Å². The molecule has 1 rings (SSSR count). The summed E-state index contributed by atoms with van der Waals surface area (Å²) in [6.45, 7) is 0. The summed E-state index contributed by atoms with van der Waals surface area (Å²) < 4.78 is 0. The summed E-state index contributed by atoms with van der Waals surface area (Å²) in [5.41, 5.74) is 0.275. The number of rotatable bonds is 0. The molecule has 2 N–H and O–H groups in total. The van der Waals surface area contributed by atoms with E-state index in [1.54, 1.807) is 0 Å². The van der Waals surface area contributed by atoms with E-state index in [9.17, 15) is 4.79 Å². The van der Waals surface area contributed by atoms with Crippen molar-refractivity contribution in [2.45, 2.75) is 0 Å². The minimum atomic E-state index is -0.193. The average Bonchev–Trinajstić information content (AvgIpc) is 1.64. The molecule has 39 valence electrons. The van der Waals surface area contributed by atoms with Gasteiger partial charge in [0.1, 0.15) is 0 Å². The topological polar surface area (TPSA) is 41.1 Å². The zero-order chi connectivity index (χ0) is 5.98. The fraction of sp³-hybridized carbons (Fsp3) is 0. The van der Waals surface area contributed by atoms with Gasteiger partial charge in [-0.2, -0.15) is 0 Å². The summed E-state index contributed by atoms with van der Waals surface area (Å²) in [6, 6.07) is 0. The Morgan fingerprint density at radius 2 is 2.38 bits per heavy atom. The summed E-state index contributed by atoms with van der Waals surface area (Å²) in [5, 5.41) is 4.93. The first-order valence-corrected chi connectivity index (χ1v) is 2.15. The van der Waals surface area contributed by atoms with Crippen LogP contribution in [0.25, 0.3) is 0 Å². The Balaban J connectivity index is 2.68. The fourth-order valence-electron chi connectivity index (χ4n) is 0.418. The summed E-state index contributed by atoms with van der Waals surface area (Å²) in [4.78, 5) is 10.3. The predicted octanol–water partition coefficient (Wildman–Crippen LogP) is -1.52. The van der Waals surface area contributed by atoms with Crippen LogP contribution in [0.4, 0.5) is 0 Å². The van der Waals surface area contributed by atoms with Crippen LogP contribution < -0.4 is 10.6 Å². The number of hydrogen-bond acceptors (Lipinski definition) is 2. The van der Waals surface area contributed by atoms with Crippen LogP contribution in [0, 0.1) is 0 Å². The molecule has 0 aromatic rings. The molecular formula is C4H4BN2O. The molecule has 1 amide bonds. The van der Waals surface area contributed by atoms with Crippen LogP contribution in [0.15, 0.2) is 12.3 Å². The second kappa shape index (κ2) is 1.82. The van der Waals surface area contributed by atoms with Crippen LogP contribution in [-0.4, -0.2) is 19.1 Å². The van der Waals surface area contributed by atoms with E-state index in [-0.39, 0.29) is 11.6 Å². The number of nitrogens with one attached hydrogen (secondary N) is 2. The maximum absolute atomic E-state index is 10.3. The standard InChI is InChI=1S/C4H4BN2O/c5-4-6-2-1-3(8)7-4/h1-2,6H,(H,7,8). The third-order valence-electron chi connectivity index (χ3n) is 0.731. The van der Waals surface area contributed by atoms with Crippen molar-refractivity contribution in [3.05, 3.63) is 12.3 Å². The Morgan fingerprint density at radius 3 is 2.75 bits per heavy atom. The molecule has 4 heteroatoms. The minimum absolute atomic E-state index is 0.193. The molecule has 3 nitrogen and oxygen atoms in total. The molecule has 1 aliphatic heterocycles. The zero-order valence-electron chi connectivity index (χ0n) is 4.14. The van der Waals surface area contributed by atoms with E-state index in [1.165, 1.54) is 12.3 Å². The molecule has 0 atom stereocenters. The van der Waals surface area contributed by atoms with E-state index in [0.29, 0.717) is 0 Å². The second-order valence-electron chi connectivity index (χ2n) is 1.38. The van der Waals surface area contributed by atoms with E-state index in [0.717, 1.165) is 0 Å². The molecule has 0 fully saturated rings. The van der Waals surface area contributed by atoms with Crippen LogP contribution in [0.1, 0.15) is 0 Å². The number of carbonyl (C=O) groups is 1. The third kappa shape index (κ3) is 0.962. The molecular weight excluding hydrogens is 103 g/mol. The Labute approximate surface area is 47.8 Å². The molecule has 0 aliphatic carbocycles. The van der Waals surface area contributed by atoms with Gasteiger partial charge < -0.3 is 0 Å². The summed E-state index contributed by atoms with van der Waals surface area (Å²) in [7, 11) is 5.15. The van der Waals surface area contributed by atoms with Gasteiger partial charge in [-0.15, -0.1) is 0 Å². The molecule has 0 spiro atoms. The van der Waals surface area contributed by atoms with Crippen molar-refractivity contribution >= 4 is 19.1 Å². The van der Waals surface area contributed by atoms with Gasteiger partial charge in [0.05, 0.1) is 0 Å². The quantitative estimate of drug-likeness (QED) is 0.369. The van der Waals surface area contributed by atoms with Gasteiger partial charge in [-0.1, -0.05) is 0 Å². The van der Waals surface area contributed by atoms with E-state index in [2.05, 4.69) is 10.6 Å². The number of carbonyl (C=O) groups excluding carboxylic acids is 1. The normalized spacial score (nSPS) is 17.4. The van der Waals surface area contributed by atoms with E-state index < -0.39 is 0 Å². The van der Waals surface area contributed by atoms with Gasteiger partial charge in [0.2, 0.25) is 0 Å². The van der Waals surface area contributed by atoms with Crippen LogP contribution in [-0.2, 0) is 4.79 Å². The molecule has 0 aromatic carbocycles. The fourth-order valence-corrected chi connectivity index (χ4v) is 0.418. The van der Waals surface area contributed by atoms with Crippen molar-refractivity contribution in [2.24, 2.45) is 0 Å². The number of hydrogen-bond donors (Lipinski definition) is 2. The van der Waals surface area contributed by atoms with Gasteiger partial charge in [0, 0.05) is 0 Å². The van der Waals surface area contributed by atoms with Gasteiger partial charge in [0.15, 0.2) is 0 Å². The first-order valence-electron chi connectivity index (χ1n) is 2.15. The zero-order valence-corrected chi connectivity index (χ0v) is 4.14. The van der Waals surface area contributed by atoms with Crippen LogP contribution in [0.3, 0.4) is 0 Å². The molecule has 1 aliphatic rings. The Kier molecular flexibility index (Phi) is 1.16. The molecule has 0 aromatic heterocycles. The molecule has 0 saturated heterocycles. The van der Waals surface area contributed by atoms with E-state index in [1.807, 2.05) is 0 Å². The van der Waals surface area contributed by atoms with Crippen molar-refractivity contribution in [1.29, 1.82) is 0 Å². The molecule has 0 bridgehead atoms. The summed E-state index contributed by atoms with van der Waals surface area (Å²) in [5.74, 6) is -0.193. The van der Waals surface area contributed by atoms with Crippen molar-refractivity contribution in [3.8, 4) is 0 Å². The SMILES string of the molecule is [B]=C1NC=CC(=O)N1. The van der Waals surface area contributed by atoms with Crippen LogP contribution in [0.5, 0.6) is 0 Å². The van der Waals surface area contributed by atoms with Crippen molar-refractivity contribution in [3.63, 3.8) is 0 Å². The summed E-state index contributed by atoms with van der Waals surface area (Å²) in [6.07, 6.45) is 2.84. The van der Waals surface area contributed by atoms with Crippen LogP contribution in [0.2, 0.25) is 0 Å².